The number of aliphatic hydroxyl groups is 1. The number of carbonyl (C=O) groups is 2. The van der Waals surface area contributed by atoms with Crippen molar-refractivity contribution < 1.29 is 41.9 Å². The van der Waals surface area contributed by atoms with Crippen molar-refractivity contribution in [2.75, 3.05) is 6.61 Å². The first kappa shape index (κ1) is 20.6. The number of carbonyl (C=O) groups excluding carboxylic acids is 2. The van der Waals surface area contributed by atoms with Crippen LogP contribution in [0.15, 0.2) is 29.2 Å². The topological polar surface area (TPSA) is 136 Å². The maximum absolute atomic E-state index is 12.2. The Labute approximate surface area is 171 Å². The van der Waals surface area contributed by atoms with E-state index in [9.17, 15) is 23.1 Å². The third-order valence-corrected chi connectivity index (χ3v) is 8.09. The molecule has 0 aromatic heterocycles. The number of fused-ring (bicyclic) bond motifs is 1. The van der Waals surface area contributed by atoms with E-state index in [-0.39, 0.29) is 38.9 Å². The Morgan fingerprint density at radius 1 is 1.24 bits per heavy atom. The molecule has 1 aromatic rings. The van der Waals surface area contributed by atoms with Gasteiger partial charge in [-0.2, -0.15) is 8.42 Å². The van der Waals surface area contributed by atoms with Gasteiger partial charge in [-0.3, -0.25) is 9.35 Å². The lowest BCUT2D eigenvalue weighted by Crippen LogP contribution is -2.51. The minimum atomic E-state index is -4.33. The van der Waals surface area contributed by atoms with E-state index in [1.807, 2.05) is 0 Å². The zero-order valence-corrected chi connectivity index (χ0v) is 17.2. The average molecular weight is 444 g/mol. The summed E-state index contributed by atoms with van der Waals surface area (Å²) in [5.41, 5.74) is -1.09. The van der Waals surface area contributed by atoms with Crippen LogP contribution in [0, 0.1) is 11.8 Å². The van der Waals surface area contributed by atoms with E-state index in [1.54, 1.807) is 25.6 Å². The lowest BCUT2D eigenvalue weighted by Gasteiger charge is -2.37. The van der Waals surface area contributed by atoms with Gasteiger partial charge in [-0.05, 0) is 38.1 Å². The molecule has 3 aliphatic rings. The molecule has 0 amide bonds. The Morgan fingerprint density at radius 2 is 1.90 bits per heavy atom. The molecule has 2 N–H and O–H groups in total. The second-order valence-electron chi connectivity index (χ2n) is 7.87. The van der Waals surface area contributed by atoms with Gasteiger partial charge in [0.15, 0.2) is 0 Å². The first-order valence-electron chi connectivity index (χ1n) is 8.95. The summed E-state index contributed by atoms with van der Waals surface area (Å²) in [7, 11) is -4.33. The van der Waals surface area contributed by atoms with Gasteiger partial charge in [0.05, 0.1) is 21.7 Å². The zero-order chi connectivity index (χ0) is 21.1. The molecule has 3 saturated heterocycles. The van der Waals surface area contributed by atoms with Crippen molar-refractivity contribution in [3.8, 4) is 5.75 Å². The summed E-state index contributed by atoms with van der Waals surface area (Å²) in [4.78, 5) is 24.0. The van der Waals surface area contributed by atoms with Crippen LogP contribution >= 0.6 is 11.8 Å². The van der Waals surface area contributed by atoms with E-state index in [0.29, 0.717) is 0 Å². The fourth-order valence-electron chi connectivity index (χ4n) is 4.36. The van der Waals surface area contributed by atoms with Gasteiger partial charge in [0.1, 0.15) is 24.6 Å². The van der Waals surface area contributed by atoms with Crippen LogP contribution in [-0.4, -0.2) is 64.9 Å². The highest BCUT2D eigenvalue weighted by Crippen LogP contribution is 2.61. The van der Waals surface area contributed by atoms with Crippen molar-refractivity contribution >= 4 is 33.8 Å². The van der Waals surface area contributed by atoms with Crippen molar-refractivity contribution in [2.24, 2.45) is 11.8 Å². The number of hydrogen-bond donors (Lipinski definition) is 2. The van der Waals surface area contributed by atoms with Crippen LogP contribution < -0.4 is 4.74 Å². The van der Waals surface area contributed by atoms with Gasteiger partial charge in [0, 0.05) is 11.2 Å². The quantitative estimate of drug-likeness (QED) is 0.365. The molecule has 1 aromatic carbocycles. The number of ether oxygens (including phenoxy) is 3. The van der Waals surface area contributed by atoms with E-state index in [2.05, 4.69) is 0 Å². The SMILES string of the molecule is CC(C)(O)C1C2SC3C(OC(=O)C31)C2OCC(=O)Oc1ccc(S(=O)(=O)O)cc1. The largest absolute Gasteiger partial charge is 0.458 e. The first-order chi connectivity index (χ1) is 13.5. The number of esters is 2. The van der Waals surface area contributed by atoms with Gasteiger partial charge >= 0.3 is 11.9 Å². The van der Waals surface area contributed by atoms with Crippen molar-refractivity contribution in [3.63, 3.8) is 0 Å². The van der Waals surface area contributed by atoms with Gasteiger partial charge < -0.3 is 19.3 Å². The Kier molecular flexibility index (Phi) is 4.94. The molecule has 0 aliphatic carbocycles. The van der Waals surface area contributed by atoms with Crippen LogP contribution in [0.2, 0.25) is 0 Å². The van der Waals surface area contributed by atoms with Crippen LogP contribution in [0.4, 0.5) is 0 Å². The third-order valence-electron chi connectivity index (χ3n) is 5.47. The van der Waals surface area contributed by atoms with Crippen LogP contribution in [0.3, 0.4) is 0 Å². The molecule has 2 bridgehead atoms. The lowest BCUT2D eigenvalue weighted by atomic mass is 9.71. The van der Waals surface area contributed by atoms with Crippen molar-refractivity contribution in [3.05, 3.63) is 24.3 Å². The number of thioether (sulfide) groups is 1. The predicted octanol–water partition coefficient (Wildman–Crippen LogP) is 0.650. The highest BCUT2D eigenvalue weighted by Gasteiger charge is 2.70. The molecular weight excluding hydrogens is 424 g/mol. The summed E-state index contributed by atoms with van der Waals surface area (Å²) >= 11 is 1.55. The summed E-state index contributed by atoms with van der Waals surface area (Å²) < 4.78 is 47.3. The smallest absolute Gasteiger partial charge is 0.337 e. The fraction of sp³-hybridized carbons (Fsp3) is 0.556. The minimum absolute atomic E-state index is 0.0926. The second-order valence-corrected chi connectivity index (χ2v) is 10.7. The van der Waals surface area contributed by atoms with Gasteiger partial charge in [-0.15, -0.1) is 11.8 Å². The molecule has 29 heavy (non-hydrogen) atoms. The molecule has 158 valence electrons. The zero-order valence-electron chi connectivity index (χ0n) is 15.5. The molecule has 6 atom stereocenters. The highest BCUT2D eigenvalue weighted by atomic mass is 32.2. The number of hydrogen-bond acceptors (Lipinski definition) is 9. The molecule has 9 nitrogen and oxygen atoms in total. The molecule has 4 rings (SSSR count). The van der Waals surface area contributed by atoms with Crippen molar-refractivity contribution in [2.45, 2.75) is 47.1 Å². The Balaban J connectivity index is 1.39. The third kappa shape index (κ3) is 3.66. The summed E-state index contributed by atoms with van der Waals surface area (Å²) in [5, 5.41) is 10.2. The summed E-state index contributed by atoms with van der Waals surface area (Å²) in [6, 6.07) is 4.69. The molecule has 3 aliphatic heterocycles. The highest BCUT2D eigenvalue weighted by molar-refractivity contribution is 8.01. The van der Waals surface area contributed by atoms with Crippen molar-refractivity contribution in [1.82, 2.24) is 0 Å². The molecule has 11 heteroatoms. The average Bonchev–Trinajstić information content (AvgIpc) is 3.21. The normalized spacial score (nSPS) is 33.0. The standard InChI is InChI=1S/C18H20O9S2/c1-18(2,21)12-11-15-14(27-17(11)20)13(16(12)28-15)25-7-10(19)26-8-3-5-9(6-4-8)29(22,23)24/h3-6,11-16,21H,7H2,1-2H3,(H,22,23,24). The number of rotatable bonds is 6. The first-order valence-corrected chi connectivity index (χ1v) is 11.3. The van der Waals surface area contributed by atoms with Crippen LogP contribution in [0.25, 0.3) is 0 Å². The molecule has 0 spiro atoms. The van der Waals surface area contributed by atoms with Crippen LogP contribution in [0.5, 0.6) is 5.75 Å². The molecule has 6 unspecified atom stereocenters. The van der Waals surface area contributed by atoms with Crippen LogP contribution in [0.1, 0.15) is 13.8 Å². The van der Waals surface area contributed by atoms with Crippen LogP contribution in [-0.2, 0) is 29.2 Å². The molecule has 0 radical (unpaired) electrons. The summed E-state index contributed by atoms with van der Waals surface area (Å²) in [6.45, 7) is 2.91. The number of benzene rings is 1. The van der Waals surface area contributed by atoms with Gasteiger partial charge in [-0.1, -0.05) is 0 Å². The molecular formula is C18H20O9S2. The van der Waals surface area contributed by atoms with E-state index < -0.39 is 40.5 Å². The monoisotopic (exact) mass is 444 g/mol. The van der Waals surface area contributed by atoms with Gasteiger partial charge in [0.25, 0.3) is 10.1 Å². The minimum Gasteiger partial charge on any atom is -0.458 e. The van der Waals surface area contributed by atoms with E-state index >= 15 is 0 Å². The predicted molar refractivity (Wildman–Crippen MR) is 100.0 cm³/mol. The van der Waals surface area contributed by atoms with Gasteiger partial charge in [-0.25, -0.2) is 4.79 Å². The van der Waals surface area contributed by atoms with E-state index in [4.69, 9.17) is 18.8 Å². The summed E-state index contributed by atoms with van der Waals surface area (Å²) in [6.07, 6.45) is -0.985. The van der Waals surface area contributed by atoms with Crippen molar-refractivity contribution in [1.29, 1.82) is 0 Å². The fourth-order valence-corrected chi connectivity index (χ4v) is 7.08. The molecule has 3 fully saturated rings. The maximum atomic E-state index is 12.2. The van der Waals surface area contributed by atoms with E-state index in [1.165, 1.54) is 12.1 Å². The lowest BCUT2D eigenvalue weighted by molar-refractivity contribution is -0.150. The summed E-state index contributed by atoms with van der Waals surface area (Å²) in [5.74, 6) is -1.66. The Hall–Kier alpha value is -1.66. The molecule has 3 heterocycles. The second kappa shape index (κ2) is 6.95. The molecule has 0 saturated carbocycles. The maximum Gasteiger partial charge on any atom is 0.337 e. The van der Waals surface area contributed by atoms with Gasteiger partial charge in [0.2, 0.25) is 0 Å². The Morgan fingerprint density at radius 3 is 2.48 bits per heavy atom. The van der Waals surface area contributed by atoms with E-state index in [0.717, 1.165) is 12.1 Å². The Bertz CT molecular complexity index is 935.